The fourth-order valence-corrected chi connectivity index (χ4v) is 3.01. The van der Waals surface area contributed by atoms with Crippen LogP contribution in [0.3, 0.4) is 0 Å². The molecule has 2 N–H and O–H groups in total. The van der Waals surface area contributed by atoms with Crippen molar-refractivity contribution < 1.29 is 19.4 Å². The van der Waals surface area contributed by atoms with Crippen LogP contribution in [-0.2, 0) is 9.53 Å². The van der Waals surface area contributed by atoms with Crippen LogP contribution in [0.4, 0.5) is 4.79 Å². The normalized spacial score (nSPS) is 31.0. The quantitative estimate of drug-likeness (QED) is 0.786. The van der Waals surface area contributed by atoms with Gasteiger partial charge in [-0.25, -0.2) is 9.59 Å². The molecule has 21 heavy (non-hydrogen) atoms. The van der Waals surface area contributed by atoms with E-state index in [2.05, 4.69) is 17.3 Å². The van der Waals surface area contributed by atoms with E-state index < -0.39 is 12.1 Å². The number of carboxylic acids is 1. The number of carbonyl (C=O) groups is 2. The first kappa shape index (κ1) is 16.0. The van der Waals surface area contributed by atoms with Crippen LogP contribution in [0.25, 0.3) is 0 Å². The van der Waals surface area contributed by atoms with Crippen molar-refractivity contribution in [3.05, 3.63) is 0 Å². The monoisotopic (exact) mass is 299 g/mol. The predicted octanol–water partition coefficient (Wildman–Crippen LogP) is 0.354. The first-order valence-corrected chi connectivity index (χ1v) is 7.58. The third-order valence-electron chi connectivity index (χ3n) is 4.17. The zero-order valence-electron chi connectivity index (χ0n) is 12.7. The van der Waals surface area contributed by atoms with E-state index in [-0.39, 0.29) is 18.2 Å². The molecule has 7 heteroatoms. The second kappa shape index (κ2) is 7.09. The van der Waals surface area contributed by atoms with Gasteiger partial charge in [-0.15, -0.1) is 0 Å². The number of aliphatic carboxylic acids is 1. The minimum absolute atomic E-state index is 0.0832. The maximum absolute atomic E-state index is 12.3. The Balaban J connectivity index is 1.78. The number of hydrogen-bond acceptors (Lipinski definition) is 4. The molecule has 2 amide bonds. The molecule has 0 spiro atoms. The van der Waals surface area contributed by atoms with E-state index in [1.165, 1.54) is 0 Å². The fraction of sp³-hybridized carbons (Fsp3) is 0.857. The van der Waals surface area contributed by atoms with Crippen molar-refractivity contribution in [3.63, 3.8) is 0 Å². The minimum Gasteiger partial charge on any atom is -0.479 e. The molecule has 7 nitrogen and oxygen atoms in total. The number of urea groups is 1. The summed E-state index contributed by atoms with van der Waals surface area (Å²) >= 11 is 0. The molecule has 2 rings (SSSR count). The second-order valence-electron chi connectivity index (χ2n) is 6.01. The van der Waals surface area contributed by atoms with Gasteiger partial charge in [0.25, 0.3) is 0 Å². The maximum atomic E-state index is 12.3. The lowest BCUT2D eigenvalue weighted by atomic mass is 10.2. The van der Waals surface area contributed by atoms with Crippen molar-refractivity contribution in [1.29, 1.82) is 0 Å². The van der Waals surface area contributed by atoms with Crippen LogP contribution in [0.5, 0.6) is 0 Å². The molecule has 0 aliphatic carbocycles. The molecule has 0 bridgehead atoms. The van der Waals surface area contributed by atoms with E-state index in [0.29, 0.717) is 19.4 Å². The largest absolute Gasteiger partial charge is 0.479 e. The summed E-state index contributed by atoms with van der Waals surface area (Å²) in [5, 5.41) is 11.8. The molecule has 0 aromatic heterocycles. The molecule has 2 saturated heterocycles. The first-order valence-electron chi connectivity index (χ1n) is 7.58. The van der Waals surface area contributed by atoms with Crippen molar-refractivity contribution >= 4 is 12.0 Å². The summed E-state index contributed by atoms with van der Waals surface area (Å²) in [5.74, 6) is -0.923. The number of nitrogens with zero attached hydrogens (tertiary/aromatic N) is 2. The Kier molecular flexibility index (Phi) is 5.41. The molecule has 0 aromatic carbocycles. The molecule has 2 fully saturated rings. The fourth-order valence-electron chi connectivity index (χ4n) is 3.01. The number of amides is 2. The Morgan fingerprint density at radius 1 is 1.33 bits per heavy atom. The van der Waals surface area contributed by atoms with Gasteiger partial charge in [-0.05, 0) is 39.8 Å². The average molecular weight is 299 g/mol. The van der Waals surface area contributed by atoms with Crippen LogP contribution >= 0.6 is 0 Å². The summed E-state index contributed by atoms with van der Waals surface area (Å²) in [6.07, 6.45) is 1.24. The number of rotatable bonds is 3. The van der Waals surface area contributed by atoms with Crippen molar-refractivity contribution in [1.82, 2.24) is 15.1 Å². The zero-order chi connectivity index (χ0) is 15.4. The first-order chi connectivity index (χ1) is 9.97. The van der Waals surface area contributed by atoms with Gasteiger partial charge in [-0.1, -0.05) is 0 Å². The predicted molar refractivity (Wildman–Crippen MR) is 77.2 cm³/mol. The van der Waals surface area contributed by atoms with E-state index in [1.807, 2.05) is 11.8 Å². The Labute approximate surface area is 125 Å². The van der Waals surface area contributed by atoms with Gasteiger partial charge in [0.15, 0.2) is 6.10 Å². The Morgan fingerprint density at radius 3 is 2.76 bits per heavy atom. The van der Waals surface area contributed by atoms with Crippen molar-refractivity contribution in [3.8, 4) is 0 Å². The van der Waals surface area contributed by atoms with Crippen molar-refractivity contribution in [2.75, 3.05) is 33.2 Å². The van der Waals surface area contributed by atoms with Gasteiger partial charge < -0.3 is 25.0 Å². The third kappa shape index (κ3) is 4.31. The summed E-state index contributed by atoms with van der Waals surface area (Å²) in [4.78, 5) is 27.2. The molecule has 2 aliphatic heterocycles. The molecule has 3 atom stereocenters. The highest BCUT2D eigenvalue weighted by Crippen LogP contribution is 2.19. The van der Waals surface area contributed by atoms with E-state index in [4.69, 9.17) is 9.84 Å². The molecule has 0 radical (unpaired) electrons. The van der Waals surface area contributed by atoms with Crippen LogP contribution < -0.4 is 5.32 Å². The topological polar surface area (TPSA) is 82.1 Å². The maximum Gasteiger partial charge on any atom is 0.332 e. The number of carbonyl (C=O) groups excluding carboxylic acids is 1. The Hall–Kier alpha value is -1.34. The van der Waals surface area contributed by atoms with E-state index in [9.17, 15) is 9.59 Å². The van der Waals surface area contributed by atoms with Gasteiger partial charge >= 0.3 is 12.0 Å². The van der Waals surface area contributed by atoms with E-state index >= 15 is 0 Å². The molecule has 2 heterocycles. The molecule has 3 unspecified atom stereocenters. The lowest BCUT2D eigenvalue weighted by Crippen LogP contribution is -2.48. The van der Waals surface area contributed by atoms with Gasteiger partial charge in [0.1, 0.15) is 0 Å². The zero-order valence-corrected chi connectivity index (χ0v) is 12.7. The number of likely N-dealkylation sites (N-methyl/N-ethyl adjacent to an activating group) is 1. The molecule has 0 aromatic rings. The van der Waals surface area contributed by atoms with Crippen LogP contribution in [-0.4, -0.2) is 78.4 Å². The molecule has 2 aliphatic rings. The number of carboxylic acid groups (broad SMARTS) is 1. The summed E-state index contributed by atoms with van der Waals surface area (Å²) in [7, 11) is 2.07. The molecule has 0 saturated carbocycles. The molecule has 120 valence electrons. The lowest BCUT2D eigenvalue weighted by molar-refractivity contribution is -0.149. The van der Waals surface area contributed by atoms with Gasteiger partial charge in [-0.2, -0.15) is 0 Å². The van der Waals surface area contributed by atoms with Gasteiger partial charge in [-0.3, -0.25) is 0 Å². The summed E-state index contributed by atoms with van der Waals surface area (Å²) in [6, 6.07) is 0.0916. The van der Waals surface area contributed by atoms with Crippen LogP contribution in [0.2, 0.25) is 0 Å². The average Bonchev–Trinajstić information content (AvgIpc) is 2.83. The Bertz CT molecular complexity index is 390. The number of hydrogen-bond donors (Lipinski definition) is 2. The lowest BCUT2D eigenvalue weighted by Gasteiger charge is -2.28. The van der Waals surface area contributed by atoms with Crippen molar-refractivity contribution in [2.45, 2.75) is 44.4 Å². The third-order valence-corrected chi connectivity index (χ3v) is 4.17. The van der Waals surface area contributed by atoms with Crippen LogP contribution in [0.1, 0.15) is 26.2 Å². The second-order valence-corrected chi connectivity index (χ2v) is 6.01. The highest BCUT2D eigenvalue weighted by Gasteiger charge is 2.31. The highest BCUT2D eigenvalue weighted by molar-refractivity contribution is 5.74. The van der Waals surface area contributed by atoms with E-state index in [0.717, 1.165) is 26.1 Å². The molecular weight excluding hydrogens is 274 g/mol. The van der Waals surface area contributed by atoms with Crippen LogP contribution in [0.15, 0.2) is 0 Å². The SMILES string of the molecule is CC1CN(C)CCCN1C(=O)NCC1CCC(C(=O)O)O1. The van der Waals surface area contributed by atoms with Crippen molar-refractivity contribution in [2.24, 2.45) is 0 Å². The Morgan fingerprint density at radius 2 is 2.10 bits per heavy atom. The minimum atomic E-state index is -0.923. The summed E-state index contributed by atoms with van der Waals surface area (Å²) in [5.41, 5.74) is 0. The smallest absolute Gasteiger partial charge is 0.332 e. The highest BCUT2D eigenvalue weighted by atomic mass is 16.5. The van der Waals surface area contributed by atoms with Gasteiger partial charge in [0.05, 0.1) is 6.10 Å². The molecular formula is C14H25N3O4. The number of ether oxygens (including phenoxy) is 1. The van der Waals surface area contributed by atoms with Gasteiger partial charge in [0.2, 0.25) is 0 Å². The van der Waals surface area contributed by atoms with E-state index in [1.54, 1.807) is 0 Å². The number of nitrogens with one attached hydrogen (secondary N) is 1. The standard InChI is InChI=1S/C14H25N3O4/c1-10-9-16(2)6-3-7-17(10)14(20)15-8-11-4-5-12(21-11)13(18)19/h10-12H,3-9H2,1-2H3,(H,15,20)(H,18,19). The van der Waals surface area contributed by atoms with Crippen LogP contribution in [0, 0.1) is 0 Å². The van der Waals surface area contributed by atoms with Gasteiger partial charge in [0, 0.05) is 25.7 Å². The summed E-state index contributed by atoms with van der Waals surface area (Å²) < 4.78 is 5.39. The summed E-state index contributed by atoms with van der Waals surface area (Å²) in [6.45, 7) is 5.05.